The first-order valence-corrected chi connectivity index (χ1v) is 42.8. The van der Waals surface area contributed by atoms with Crippen molar-refractivity contribution in [2.24, 2.45) is 0 Å². The fourth-order valence-electron chi connectivity index (χ4n) is 17.7. The number of nitrogens with zero attached hydrogens (tertiary/aromatic N) is 5. The number of benzene rings is 17. The van der Waals surface area contributed by atoms with Crippen LogP contribution in [0, 0.1) is 0 Å². The minimum atomic E-state index is -3.17. The zero-order valence-electron chi connectivity index (χ0n) is 60.5. The lowest BCUT2D eigenvalue weighted by atomic mass is 10.0. The molecule has 21 rings (SSSR count). The number of hydrogen-bond donors (Lipinski definition) is 0. The minimum Gasteiger partial charge on any atom is -0.309 e. The molecular weight excluding hydrogens is 1400 g/mol. The van der Waals surface area contributed by atoms with Gasteiger partial charge in [-0.3, -0.25) is 0 Å². The summed E-state index contributed by atoms with van der Waals surface area (Å²) in [5, 5.41) is 20.5. The van der Waals surface area contributed by atoms with Crippen molar-refractivity contribution in [2.45, 2.75) is 0 Å². The van der Waals surface area contributed by atoms with E-state index in [-0.39, 0.29) is 0 Å². The van der Waals surface area contributed by atoms with Crippen LogP contribution in [0.15, 0.2) is 419 Å². The number of para-hydroxylation sites is 2. The standard InChI is InChI=1S/C103H69N5SSi2/c1-6-24-70(25-7-1)74-46-55-83(56-47-74)110(81-32-12-4-13-33-81,84-57-49-77(50-58-84)103-105-101(75-27-8-2-9-28-75)104-102(106-103)76-29-10-3-11-30-76)86-60-63-97-92(67-86)89-36-18-21-39-95(89)107(97)79-51-42-72(43-52-79)73-44-53-80(54-45-73)108-96-40-22-19-37-90(96)93-68-87(61-64-98(93)108)111(82-34-14-5-15-35-82,85-59-48-71-26-16-17-31-78(71)66-85)88-62-65-100-94(69-88)91-38-20-23-41-99(91)109-100/h1-69H. The molecule has 111 heavy (non-hydrogen) atoms. The van der Waals surface area contributed by atoms with Crippen LogP contribution < -0.4 is 41.5 Å². The molecule has 8 heteroatoms. The predicted molar refractivity (Wildman–Crippen MR) is 473 cm³/mol. The van der Waals surface area contributed by atoms with E-state index in [1.165, 1.54) is 116 Å². The second-order valence-electron chi connectivity index (χ2n) is 28.9. The summed E-state index contributed by atoms with van der Waals surface area (Å²) in [7, 11) is -6.22. The van der Waals surface area contributed by atoms with Crippen molar-refractivity contribution in [2.75, 3.05) is 0 Å². The molecule has 0 radical (unpaired) electrons. The molecule has 0 aliphatic heterocycles. The highest BCUT2D eigenvalue weighted by Gasteiger charge is 2.44. The second-order valence-corrected chi connectivity index (χ2v) is 37.6. The smallest absolute Gasteiger partial charge is 0.179 e. The normalized spacial score (nSPS) is 12.8. The van der Waals surface area contributed by atoms with Gasteiger partial charge in [-0.2, -0.15) is 0 Å². The summed E-state index contributed by atoms with van der Waals surface area (Å²) in [6, 6.07) is 156. The fraction of sp³-hybridized carbons (Fsp3) is 0. The highest BCUT2D eigenvalue weighted by Crippen LogP contribution is 2.38. The maximum atomic E-state index is 5.17. The Morgan fingerprint density at radius 2 is 0.495 bits per heavy atom. The van der Waals surface area contributed by atoms with Gasteiger partial charge in [0.1, 0.15) is 0 Å². The Hall–Kier alpha value is -13.7. The fourth-order valence-corrected chi connectivity index (χ4v) is 28.3. The van der Waals surface area contributed by atoms with E-state index < -0.39 is 16.1 Å². The SMILES string of the molecule is c1ccc(-c2ccc([Si](c3ccccc3)(c3ccc(-c4nc(-c5ccccc5)nc(-c5ccccc5)n4)cc3)c3ccc4c(c3)c3ccccc3n4-c3ccc(-c4ccc(-n5c6ccccc6c6cc([Si](c7ccccc7)(c7ccc8ccccc8c7)c7ccc8sc9ccccc9c8c7)ccc65)cc4)cc3)cc2)cc1. The average molecular weight is 1460 g/mol. The first kappa shape index (κ1) is 65.5. The maximum Gasteiger partial charge on any atom is 0.179 e. The molecule has 0 N–H and O–H groups in total. The van der Waals surface area contributed by atoms with E-state index in [4.69, 9.17) is 15.0 Å². The van der Waals surface area contributed by atoms with Gasteiger partial charge in [-0.05, 0) is 135 Å². The van der Waals surface area contributed by atoms with Crippen LogP contribution in [-0.4, -0.2) is 40.2 Å². The molecule has 0 saturated heterocycles. The zero-order chi connectivity index (χ0) is 73.4. The van der Waals surface area contributed by atoms with E-state index >= 15 is 0 Å². The molecule has 0 bridgehead atoms. The Morgan fingerprint density at radius 3 is 0.991 bits per heavy atom. The molecule has 4 heterocycles. The molecular formula is C103H69N5SSi2. The lowest BCUT2D eigenvalue weighted by Crippen LogP contribution is -2.74. The Kier molecular flexibility index (Phi) is 16.1. The van der Waals surface area contributed by atoms with Crippen molar-refractivity contribution in [3.8, 4) is 67.8 Å². The third kappa shape index (κ3) is 11.0. The van der Waals surface area contributed by atoms with E-state index in [0.29, 0.717) is 17.5 Å². The summed E-state index contributed by atoms with van der Waals surface area (Å²) < 4.78 is 7.54. The molecule has 520 valence electrons. The Balaban J connectivity index is 0.657. The lowest BCUT2D eigenvalue weighted by Gasteiger charge is -2.35. The summed E-state index contributed by atoms with van der Waals surface area (Å²) >= 11 is 1.88. The monoisotopic (exact) mass is 1460 g/mol. The minimum absolute atomic E-state index is 0.623. The van der Waals surface area contributed by atoms with Gasteiger partial charge in [0.05, 0.1) is 22.1 Å². The molecule has 0 aliphatic carbocycles. The quantitative estimate of drug-likeness (QED) is 0.0759. The van der Waals surface area contributed by atoms with Crippen LogP contribution >= 0.6 is 11.3 Å². The van der Waals surface area contributed by atoms with E-state index in [1.54, 1.807) is 0 Å². The van der Waals surface area contributed by atoms with Gasteiger partial charge in [0.25, 0.3) is 0 Å². The second kappa shape index (κ2) is 27.2. The molecule has 4 aromatic heterocycles. The molecule has 0 amide bonds. The molecule has 2 unspecified atom stereocenters. The molecule has 0 saturated carbocycles. The first-order valence-electron chi connectivity index (χ1n) is 37.9. The van der Waals surface area contributed by atoms with Gasteiger partial charge in [-0.1, -0.05) is 358 Å². The van der Waals surface area contributed by atoms with Gasteiger partial charge in [0, 0.05) is 69.8 Å². The van der Waals surface area contributed by atoms with E-state index in [1.807, 2.05) is 47.7 Å². The van der Waals surface area contributed by atoms with Crippen molar-refractivity contribution in [3.63, 3.8) is 0 Å². The van der Waals surface area contributed by atoms with Crippen LogP contribution in [0.4, 0.5) is 0 Å². The average Bonchev–Trinajstić information content (AvgIpc) is 1.68. The third-order valence-corrected chi connectivity index (χ3v) is 33.6. The summed E-state index contributed by atoms with van der Waals surface area (Å²) in [4.78, 5) is 15.4. The molecule has 5 nitrogen and oxygen atoms in total. The summed E-state index contributed by atoms with van der Waals surface area (Å²) in [5.74, 6) is 1.89. The Morgan fingerprint density at radius 1 is 0.189 bits per heavy atom. The first-order chi connectivity index (χ1) is 55.0. The zero-order valence-corrected chi connectivity index (χ0v) is 63.3. The van der Waals surface area contributed by atoms with Crippen LogP contribution in [0.5, 0.6) is 0 Å². The van der Waals surface area contributed by atoms with Crippen molar-refractivity contribution in [3.05, 3.63) is 419 Å². The molecule has 0 spiro atoms. The Labute approximate surface area is 649 Å². The number of fused-ring (bicyclic) bond motifs is 10. The largest absolute Gasteiger partial charge is 0.309 e. The third-order valence-electron chi connectivity index (χ3n) is 22.9. The van der Waals surface area contributed by atoms with E-state index in [9.17, 15) is 0 Å². The van der Waals surface area contributed by atoms with Gasteiger partial charge in [0.15, 0.2) is 33.6 Å². The van der Waals surface area contributed by atoms with E-state index in [0.717, 1.165) is 50.2 Å². The number of hydrogen-bond acceptors (Lipinski definition) is 4. The molecule has 0 fully saturated rings. The van der Waals surface area contributed by atoms with Gasteiger partial charge >= 0.3 is 0 Å². The molecule has 0 aliphatic rings. The van der Waals surface area contributed by atoms with Crippen molar-refractivity contribution in [1.29, 1.82) is 0 Å². The number of thiophene rings is 1. The summed E-state index contributed by atoms with van der Waals surface area (Å²) in [5.41, 5.74) is 14.3. The lowest BCUT2D eigenvalue weighted by molar-refractivity contribution is 1.07. The van der Waals surface area contributed by atoms with Gasteiger partial charge in [-0.15, -0.1) is 11.3 Å². The number of rotatable bonds is 15. The Bertz CT molecular complexity index is 7030. The number of aromatic nitrogens is 5. The topological polar surface area (TPSA) is 48.5 Å². The van der Waals surface area contributed by atoms with Gasteiger partial charge < -0.3 is 9.13 Å². The van der Waals surface area contributed by atoms with Crippen LogP contribution in [0.2, 0.25) is 0 Å². The summed E-state index contributed by atoms with van der Waals surface area (Å²) in [6.45, 7) is 0. The highest BCUT2D eigenvalue weighted by molar-refractivity contribution is 7.26. The van der Waals surface area contributed by atoms with Gasteiger partial charge in [0.2, 0.25) is 0 Å². The van der Waals surface area contributed by atoms with Crippen molar-refractivity contribution >= 4 is 144 Å². The van der Waals surface area contributed by atoms with E-state index in [2.05, 4.69) is 391 Å². The molecule has 17 aromatic carbocycles. The van der Waals surface area contributed by atoms with Crippen LogP contribution in [0.3, 0.4) is 0 Å². The van der Waals surface area contributed by atoms with Crippen LogP contribution in [-0.2, 0) is 0 Å². The van der Waals surface area contributed by atoms with Crippen molar-refractivity contribution < 1.29 is 0 Å². The maximum absolute atomic E-state index is 5.17. The highest BCUT2D eigenvalue weighted by atomic mass is 32.1. The van der Waals surface area contributed by atoms with Crippen LogP contribution in [0.1, 0.15) is 0 Å². The molecule has 2 atom stereocenters. The van der Waals surface area contributed by atoms with Crippen molar-refractivity contribution in [1.82, 2.24) is 24.1 Å². The van der Waals surface area contributed by atoms with Crippen LogP contribution in [0.25, 0.3) is 142 Å². The predicted octanol–water partition coefficient (Wildman–Crippen LogP) is 20.7. The molecule has 21 aromatic rings. The van der Waals surface area contributed by atoms with Gasteiger partial charge in [-0.25, -0.2) is 15.0 Å². The summed E-state index contributed by atoms with van der Waals surface area (Å²) in [6.07, 6.45) is 0.